The zero-order valence-corrected chi connectivity index (χ0v) is 22.4. The van der Waals surface area contributed by atoms with Gasteiger partial charge in [-0.1, -0.05) is 13.0 Å². The van der Waals surface area contributed by atoms with E-state index in [1.165, 1.54) is 6.08 Å². The van der Waals surface area contributed by atoms with Gasteiger partial charge in [-0.3, -0.25) is 0 Å². The summed E-state index contributed by atoms with van der Waals surface area (Å²) in [4.78, 5) is 11.5. The lowest BCUT2D eigenvalue weighted by molar-refractivity contribution is -0.138. The van der Waals surface area contributed by atoms with E-state index in [2.05, 4.69) is 46.2 Å². The van der Waals surface area contributed by atoms with Crippen LogP contribution in [0.5, 0.6) is 0 Å². The minimum atomic E-state index is -1.84. The van der Waals surface area contributed by atoms with Crippen LogP contribution in [0.4, 0.5) is 0 Å². The van der Waals surface area contributed by atoms with Gasteiger partial charge < -0.3 is 22.8 Å². The molecule has 0 amide bonds. The van der Waals surface area contributed by atoms with Gasteiger partial charge in [0.1, 0.15) is 12.5 Å². The predicted octanol–water partition coefficient (Wildman–Crippen LogP) is 4.23. The minimum Gasteiger partial charge on any atom is -0.460 e. The van der Waals surface area contributed by atoms with Crippen LogP contribution in [0.1, 0.15) is 26.7 Å². The van der Waals surface area contributed by atoms with Crippen molar-refractivity contribution in [3.8, 4) is 0 Å². The van der Waals surface area contributed by atoms with Crippen molar-refractivity contribution in [3.05, 3.63) is 12.2 Å². The summed E-state index contributed by atoms with van der Waals surface area (Å²) in [7, 11) is -5.43. The molecule has 0 aliphatic rings. The first-order chi connectivity index (χ1) is 13.0. The van der Waals surface area contributed by atoms with Gasteiger partial charge in [0.2, 0.25) is 9.04 Å². The molecule has 0 heterocycles. The van der Waals surface area contributed by atoms with Crippen LogP contribution in [0.25, 0.3) is 0 Å². The SMILES string of the molecule is CC=CC(=O)OCCO[SiH](CCCOCCC)C(O[Si](C)(C)C)O[Si](C)(C)C. The molecule has 1 unspecified atom stereocenters. The van der Waals surface area contributed by atoms with Crippen LogP contribution in [0.15, 0.2) is 12.2 Å². The Kier molecular flexibility index (Phi) is 14.5. The van der Waals surface area contributed by atoms with E-state index in [0.29, 0.717) is 6.61 Å². The first kappa shape index (κ1) is 27.7. The molecular weight excluding hydrogens is 408 g/mol. The Balaban J connectivity index is 4.91. The van der Waals surface area contributed by atoms with E-state index in [9.17, 15) is 4.79 Å². The molecule has 0 aliphatic carbocycles. The molecule has 0 bridgehead atoms. The summed E-state index contributed by atoms with van der Waals surface area (Å²) in [5.74, 6) is -0.610. The first-order valence-corrected chi connectivity index (χ1v) is 19.1. The largest absolute Gasteiger partial charge is 0.460 e. The standard InChI is InChI=1S/C19H42O6Si3/c1-9-12-18(20)22-15-16-23-26(17-11-14-21-13-10-2)19(24-27(3,4)5)25-28(6,7)8/h9,12,19,26H,10-11,13-17H2,1-8H3. The zero-order chi connectivity index (χ0) is 21.6. The van der Waals surface area contributed by atoms with Crippen LogP contribution in [-0.4, -0.2) is 64.0 Å². The monoisotopic (exact) mass is 450 g/mol. The Morgan fingerprint density at radius 3 is 2.07 bits per heavy atom. The van der Waals surface area contributed by atoms with E-state index in [4.69, 9.17) is 22.8 Å². The normalized spacial score (nSPS) is 14.0. The highest BCUT2D eigenvalue weighted by atomic mass is 28.4. The molecule has 9 heteroatoms. The molecule has 0 aromatic rings. The van der Waals surface area contributed by atoms with Gasteiger partial charge in [0.15, 0.2) is 16.6 Å². The lowest BCUT2D eigenvalue weighted by atomic mass is 10.5. The zero-order valence-electron chi connectivity index (χ0n) is 19.2. The van der Waals surface area contributed by atoms with Crippen LogP contribution >= 0.6 is 0 Å². The van der Waals surface area contributed by atoms with Crippen LogP contribution in [0.2, 0.25) is 45.3 Å². The maximum absolute atomic E-state index is 11.5. The van der Waals surface area contributed by atoms with Gasteiger partial charge in [-0.25, -0.2) is 4.79 Å². The van der Waals surface area contributed by atoms with Crippen LogP contribution in [0.3, 0.4) is 0 Å². The van der Waals surface area contributed by atoms with Crippen molar-refractivity contribution < 1.29 is 27.5 Å². The molecule has 166 valence electrons. The summed E-state index contributed by atoms with van der Waals surface area (Å²) >= 11 is 0. The van der Waals surface area contributed by atoms with Gasteiger partial charge in [0, 0.05) is 19.3 Å². The molecular formula is C19H42O6Si3. The van der Waals surface area contributed by atoms with E-state index in [-0.39, 0.29) is 18.5 Å². The molecule has 0 rings (SSSR count). The van der Waals surface area contributed by atoms with Crippen molar-refractivity contribution in [1.29, 1.82) is 0 Å². The van der Waals surface area contributed by atoms with E-state index in [0.717, 1.165) is 32.1 Å². The number of esters is 1. The van der Waals surface area contributed by atoms with Crippen molar-refractivity contribution in [2.75, 3.05) is 26.4 Å². The summed E-state index contributed by atoms with van der Waals surface area (Å²) in [6.07, 6.45) is 5.02. The molecule has 0 saturated carbocycles. The molecule has 0 N–H and O–H groups in total. The predicted molar refractivity (Wildman–Crippen MR) is 122 cm³/mol. The summed E-state index contributed by atoms with van der Waals surface area (Å²) in [6.45, 7) is 19.0. The fourth-order valence-electron chi connectivity index (χ4n) is 2.33. The fraction of sp³-hybridized carbons (Fsp3) is 0.842. The Morgan fingerprint density at radius 1 is 0.964 bits per heavy atom. The Morgan fingerprint density at radius 2 is 1.57 bits per heavy atom. The van der Waals surface area contributed by atoms with Gasteiger partial charge in [-0.15, -0.1) is 0 Å². The van der Waals surface area contributed by atoms with Crippen LogP contribution in [0, 0.1) is 0 Å². The number of ether oxygens (including phenoxy) is 2. The number of hydrogen-bond donors (Lipinski definition) is 0. The second-order valence-electron chi connectivity index (χ2n) is 8.66. The molecule has 0 aliphatic heterocycles. The van der Waals surface area contributed by atoms with E-state index < -0.39 is 25.7 Å². The Labute approximate surface area is 175 Å². The summed E-state index contributed by atoms with van der Waals surface area (Å²) in [6, 6.07) is 0.909. The Bertz CT molecular complexity index is 430. The maximum atomic E-state index is 11.5. The van der Waals surface area contributed by atoms with Crippen molar-refractivity contribution in [2.24, 2.45) is 0 Å². The average Bonchev–Trinajstić information content (AvgIpc) is 2.53. The maximum Gasteiger partial charge on any atom is 0.330 e. The smallest absolute Gasteiger partial charge is 0.330 e. The Hall–Kier alpha value is -0.299. The van der Waals surface area contributed by atoms with Crippen molar-refractivity contribution >= 4 is 31.6 Å². The van der Waals surface area contributed by atoms with E-state index in [1.807, 2.05) is 0 Å². The summed E-state index contributed by atoms with van der Waals surface area (Å²) < 4.78 is 29.8. The third-order valence-electron chi connectivity index (χ3n) is 3.33. The molecule has 1 atom stereocenters. The van der Waals surface area contributed by atoms with Crippen LogP contribution in [-0.2, 0) is 27.5 Å². The van der Waals surface area contributed by atoms with Gasteiger partial charge in [-0.05, 0) is 65.1 Å². The van der Waals surface area contributed by atoms with E-state index >= 15 is 0 Å². The van der Waals surface area contributed by atoms with Crippen molar-refractivity contribution in [2.45, 2.75) is 77.9 Å². The van der Waals surface area contributed by atoms with Crippen molar-refractivity contribution in [1.82, 2.24) is 0 Å². The number of carbonyl (C=O) groups is 1. The number of rotatable bonds is 16. The van der Waals surface area contributed by atoms with Crippen molar-refractivity contribution in [3.63, 3.8) is 0 Å². The summed E-state index contributed by atoms with van der Waals surface area (Å²) in [5.41, 5.74) is 0. The molecule has 6 nitrogen and oxygen atoms in total. The second-order valence-corrected chi connectivity index (χ2v) is 20.1. The minimum absolute atomic E-state index is 0.242. The quantitative estimate of drug-likeness (QED) is 0.115. The second kappa shape index (κ2) is 14.6. The number of carbonyl (C=O) groups excluding carboxylic acids is 1. The number of hydrogen-bond acceptors (Lipinski definition) is 6. The highest BCUT2D eigenvalue weighted by Crippen LogP contribution is 2.20. The molecule has 0 spiro atoms. The molecule has 0 aromatic heterocycles. The third-order valence-corrected chi connectivity index (χ3v) is 8.27. The first-order valence-electron chi connectivity index (χ1n) is 10.3. The van der Waals surface area contributed by atoms with Crippen LogP contribution < -0.4 is 0 Å². The highest BCUT2D eigenvalue weighted by Gasteiger charge is 2.34. The average molecular weight is 451 g/mol. The molecule has 0 radical (unpaired) electrons. The lowest BCUT2D eigenvalue weighted by Gasteiger charge is -2.35. The van der Waals surface area contributed by atoms with Gasteiger partial charge in [-0.2, -0.15) is 0 Å². The van der Waals surface area contributed by atoms with Gasteiger partial charge in [0.05, 0.1) is 6.61 Å². The van der Waals surface area contributed by atoms with E-state index in [1.54, 1.807) is 13.0 Å². The van der Waals surface area contributed by atoms with Gasteiger partial charge in [0.25, 0.3) is 0 Å². The molecule has 0 aromatic carbocycles. The highest BCUT2D eigenvalue weighted by molar-refractivity contribution is 6.72. The molecule has 0 fully saturated rings. The summed E-state index contributed by atoms with van der Waals surface area (Å²) in [5, 5.41) is 0. The fourth-order valence-corrected chi connectivity index (χ4v) is 9.14. The van der Waals surface area contributed by atoms with Gasteiger partial charge >= 0.3 is 5.97 Å². The topological polar surface area (TPSA) is 63.2 Å². The molecule has 0 saturated heterocycles. The third kappa shape index (κ3) is 16.6. The number of allylic oxidation sites excluding steroid dienone is 1. The molecule has 28 heavy (non-hydrogen) atoms. The lowest BCUT2D eigenvalue weighted by Crippen LogP contribution is -2.49.